The molecule has 0 saturated carbocycles. The van der Waals surface area contributed by atoms with E-state index in [2.05, 4.69) is 25.7 Å². The lowest BCUT2D eigenvalue weighted by molar-refractivity contribution is -0.137. The molecular weight excluding hydrogens is 459 g/mol. The van der Waals surface area contributed by atoms with Crippen LogP contribution in [0, 0.1) is 11.3 Å². The Morgan fingerprint density at radius 2 is 1.91 bits per heavy atom. The van der Waals surface area contributed by atoms with E-state index in [-0.39, 0.29) is 11.0 Å². The Morgan fingerprint density at radius 1 is 1.15 bits per heavy atom. The van der Waals surface area contributed by atoms with Crippen molar-refractivity contribution in [1.29, 1.82) is 0 Å². The minimum atomic E-state index is -4.39. The molecule has 182 valence electrons. The smallest absolute Gasteiger partial charge is 0.416 e. The zero-order valence-electron chi connectivity index (χ0n) is 19.7. The number of hydrogen-bond acceptors (Lipinski definition) is 3. The number of fused-ring (bicyclic) bond motifs is 1. The number of carboxylic acids is 1. The second-order valence-corrected chi connectivity index (χ2v) is 11.4. The molecule has 0 spiro atoms. The summed E-state index contributed by atoms with van der Waals surface area (Å²) >= 11 is 1.24. The highest BCUT2D eigenvalue weighted by Crippen LogP contribution is 2.40. The summed E-state index contributed by atoms with van der Waals surface area (Å²) in [7, 11) is 0. The molecule has 7 heteroatoms. The summed E-state index contributed by atoms with van der Waals surface area (Å²) in [4.78, 5) is 14.4. The first-order valence-electron chi connectivity index (χ1n) is 11.6. The van der Waals surface area contributed by atoms with Gasteiger partial charge in [-0.15, -0.1) is 11.3 Å². The van der Waals surface area contributed by atoms with Crippen molar-refractivity contribution < 1.29 is 23.1 Å². The molecule has 3 aromatic rings. The Hall–Kier alpha value is -2.54. The van der Waals surface area contributed by atoms with Crippen molar-refractivity contribution in [1.82, 2.24) is 0 Å². The number of hydrogen-bond donors (Lipinski definition) is 1. The Kier molecular flexibility index (Phi) is 6.69. The quantitative estimate of drug-likeness (QED) is 0.392. The van der Waals surface area contributed by atoms with Crippen LogP contribution >= 0.6 is 11.3 Å². The molecule has 1 saturated heterocycles. The van der Waals surface area contributed by atoms with E-state index in [1.54, 1.807) is 11.4 Å². The number of benzene rings is 2. The molecule has 1 aliphatic rings. The zero-order valence-corrected chi connectivity index (χ0v) is 20.5. The van der Waals surface area contributed by atoms with Gasteiger partial charge in [-0.05, 0) is 72.2 Å². The summed E-state index contributed by atoms with van der Waals surface area (Å²) < 4.78 is 39.8. The van der Waals surface area contributed by atoms with Crippen LogP contribution in [0.15, 0.2) is 41.8 Å². The number of carboxylic acid groups (broad SMARTS) is 1. The first-order valence-corrected chi connectivity index (χ1v) is 12.5. The molecule has 4 rings (SSSR count). The van der Waals surface area contributed by atoms with Crippen LogP contribution in [0.5, 0.6) is 0 Å². The number of aromatic carboxylic acids is 1. The van der Waals surface area contributed by atoms with Crippen molar-refractivity contribution in [2.24, 2.45) is 11.3 Å². The summed E-state index contributed by atoms with van der Waals surface area (Å²) in [6, 6.07) is 9.12. The molecule has 0 aliphatic carbocycles. The van der Waals surface area contributed by atoms with Crippen molar-refractivity contribution in [2.75, 3.05) is 18.0 Å². The van der Waals surface area contributed by atoms with Gasteiger partial charge in [0.1, 0.15) is 0 Å². The van der Waals surface area contributed by atoms with Crippen molar-refractivity contribution in [3.05, 3.63) is 52.9 Å². The van der Waals surface area contributed by atoms with Crippen molar-refractivity contribution in [3.63, 3.8) is 0 Å². The van der Waals surface area contributed by atoms with Gasteiger partial charge in [-0.25, -0.2) is 4.79 Å². The first-order chi connectivity index (χ1) is 15.9. The molecule has 0 radical (unpaired) electrons. The zero-order chi connectivity index (χ0) is 24.7. The van der Waals surface area contributed by atoms with Crippen molar-refractivity contribution in [2.45, 2.75) is 52.6 Å². The van der Waals surface area contributed by atoms with Crippen LogP contribution in [0.2, 0.25) is 0 Å². The molecule has 34 heavy (non-hydrogen) atoms. The minimum absolute atomic E-state index is 0.236. The summed E-state index contributed by atoms with van der Waals surface area (Å²) in [5.74, 6) is -0.453. The molecule has 3 nitrogen and oxygen atoms in total. The molecule has 1 atom stereocenters. The second kappa shape index (κ2) is 9.25. The average Bonchev–Trinajstić information content (AvgIpc) is 3.20. The number of halogens is 3. The molecule has 1 aliphatic heterocycles. The van der Waals surface area contributed by atoms with Crippen LogP contribution in [-0.2, 0) is 6.18 Å². The lowest BCUT2D eigenvalue weighted by Crippen LogP contribution is -2.36. The van der Waals surface area contributed by atoms with Crippen LogP contribution in [-0.4, -0.2) is 24.2 Å². The van der Waals surface area contributed by atoms with E-state index in [1.807, 2.05) is 12.1 Å². The van der Waals surface area contributed by atoms with Gasteiger partial charge < -0.3 is 10.0 Å². The Balaban J connectivity index is 1.63. The third-order valence-electron chi connectivity index (χ3n) is 6.60. The minimum Gasteiger partial charge on any atom is -0.478 e. The van der Waals surface area contributed by atoms with E-state index in [0.717, 1.165) is 62.2 Å². The van der Waals surface area contributed by atoms with Gasteiger partial charge >= 0.3 is 12.1 Å². The second-order valence-electron chi connectivity index (χ2n) is 10.4. The fourth-order valence-corrected chi connectivity index (χ4v) is 5.74. The molecule has 0 bridgehead atoms. The lowest BCUT2D eigenvalue weighted by Gasteiger charge is -2.36. The van der Waals surface area contributed by atoms with Crippen LogP contribution in [0.4, 0.5) is 18.9 Å². The van der Waals surface area contributed by atoms with Crippen molar-refractivity contribution >= 4 is 33.1 Å². The topological polar surface area (TPSA) is 40.5 Å². The van der Waals surface area contributed by atoms with Crippen LogP contribution in [0.25, 0.3) is 21.2 Å². The van der Waals surface area contributed by atoms with E-state index in [4.69, 9.17) is 0 Å². The predicted octanol–water partition coefficient (Wildman–Crippen LogP) is 8.33. The number of alkyl halides is 3. The lowest BCUT2D eigenvalue weighted by atomic mass is 9.84. The standard InChI is InChI=1S/C27H30F3NO2S/c1-26(2,3)11-10-17-5-4-12-31(15-17)23-9-6-18(13-21(23)25(32)33)22-16-34-24-14-19(27(28,29)30)7-8-20(22)24/h6-9,13-14,16-17H,4-5,10-12,15H2,1-3H3,(H,32,33)/t17-/m1/s1. The van der Waals surface area contributed by atoms with Gasteiger partial charge in [0.15, 0.2) is 0 Å². The average molecular weight is 490 g/mol. The monoisotopic (exact) mass is 489 g/mol. The van der Waals surface area contributed by atoms with Gasteiger partial charge in [-0.2, -0.15) is 13.2 Å². The number of rotatable bonds is 5. The van der Waals surface area contributed by atoms with Crippen LogP contribution < -0.4 is 4.90 Å². The van der Waals surface area contributed by atoms with E-state index in [1.165, 1.54) is 17.4 Å². The fraction of sp³-hybridized carbons (Fsp3) is 0.444. The molecule has 1 N–H and O–H groups in total. The van der Waals surface area contributed by atoms with Gasteiger partial charge in [-0.3, -0.25) is 0 Å². The van der Waals surface area contributed by atoms with Gasteiger partial charge in [0, 0.05) is 28.7 Å². The van der Waals surface area contributed by atoms with Crippen LogP contribution in [0.3, 0.4) is 0 Å². The Morgan fingerprint density at radius 3 is 2.59 bits per heavy atom. The molecule has 0 amide bonds. The highest BCUT2D eigenvalue weighted by Gasteiger charge is 2.31. The number of piperidine rings is 1. The van der Waals surface area contributed by atoms with Gasteiger partial charge in [0.25, 0.3) is 0 Å². The summed E-state index contributed by atoms with van der Waals surface area (Å²) in [5, 5.41) is 12.5. The molecule has 2 aromatic carbocycles. The molecular formula is C27H30F3NO2S. The number of thiophene rings is 1. The van der Waals surface area contributed by atoms with Crippen molar-refractivity contribution in [3.8, 4) is 11.1 Å². The summed E-state index contributed by atoms with van der Waals surface area (Å²) in [5.41, 5.74) is 2.01. The Labute approximate surface area is 202 Å². The van der Waals surface area contributed by atoms with E-state index in [0.29, 0.717) is 21.6 Å². The molecule has 1 aromatic heterocycles. The third-order valence-corrected chi connectivity index (χ3v) is 7.55. The van der Waals surface area contributed by atoms with Gasteiger partial charge in [0.2, 0.25) is 0 Å². The number of anilines is 1. The maximum atomic E-state index is 13.1. The summed E-state index contributed by atoms with van der Waals surface area (Å²) in [6.45, 7) is 8.40. The largest absolute Gasteiger partial charge is 0.478 e. The molecule has 1 fully saturated rings. The van der Waals surface area contributed by atoms with Gasteiger partial charge in [0.05, 0.1) is 16.8 Å². The third kappa shape index (κ3) is 5.40. The number of carbonyl (C=O) groups is 1. The first kappa shape index (κ1) is 24.6. The maximum absolute atomic E-state index is 13.1. The highest BCUT2D eigenvalue weighted by atomic mass is 32.1. The summed E-state index contributed by atoms with van der Waals surface area (Å²) in [6.07, 6.45) is 0.0642. The SMILES string of the molecule is CC(C)(C)CC[C@H]1CCCN(c2ccc(-c3csc4cc(C(F)(F)F)ccc34)cc2C(=O)O)C1. The normalized spacial score (nSPS) is 17.4. The highest BCUT2D eigenvalue weighted by molar-refractivity contribution is 7.17. The van der Waals surface area contributed by atoms with Gasteiger partial charge in [-0.1, -0.05) is 32.9 Å². The van der Waals surface area contributed by atoms with E-state index in [9.17, 15) is 23.1 Å². The van der Waals surface area contributed by atoms with Crippen LogP contribution in [0.1, 0.15) is 62.4 Å². The molecule has 0 unspecified atom stereocenters. The Bertz CT molecular complexity index is 1190. The number of nitrogens with zero attached hydrogens (tertiary/aromatic N) is 1. The van der Waals surface area contributed by atoms with E-state index >= 15 is 0 Å². The maximum Gasteiger partial charge on any atom is 0.416 e. The fourth-order valence-electron chi connectivity index (χ4n) is 4.74. The van der Waals surface area contributed by atoms with E-state index < -0.39 is 17.7 Å². The predicted molar refractivity (Wildman–Crippen MR) is 133 cm³/mol. The molecule has 2 heterocycles.